The number of hydrogen-bond donors (Lipinski definition) is 2. The van der Waals surface area contributed by atoms with Crippen LogP contribution < -0.4 is 20.5 Å². The summed E-state index contributed by atoms with van der Waals surface area (Å²) in [6.45, 7) is 1.64. The molecule has 0 heterocycles. The van der Waals surface area contributed by atoms with Gasteiger partial charge in [0, 0.05) is 9.26 Å². The highest BCUT2D eigenvalue weighted by molar-refractivity contribution is 14.1. The van der Waals surface area contributed by atoms with Crippen LogP contribution in [0.4, 0.5) is 5.69 Å². The van der Waals surface area contributed by atoms with Crippen molar-refractivity contribution in [2.45, 2.75) is 6.92 Å². The van der Waals surface area contributed by atoms with Crippen LogP contribution in [-0.4, -0.2) is 25.5 Å². The molecule has 0 atom stereocenters. The van der Waals surface area contributed by atoms with E-state index in [0.29, 0.717) is 11.4 Å². The first-order valence-corrected chi connectivity index (χ1v) is 8.16. The third kappa shape index (κ3) is 4.38. The number of carbonyl (C=O) groups is 2. The molecule has 7 heteroatoms. The molecule has 0 aliphatic carbocycles. The Balaban J connectivity index is 2.10. The first-order chi connectivity index (χ1) is 11.4. The molecule has 0 radical (unpaired) electrons. The summed E-state index contributed by atoms with van der Waals surface area (Å²) in [6, 6.07) is 10.5. The van der Waals surface area contributed by atoms with E-state index in [0.717, 1.165) is 9.13 Å². The normalized spacial score (nSPS) is 10.1. The number of aryl methyl sites for hydroxylation is 1. The highest BCUT2D eigenvalue weighted by atomic mass is 127. The third-order valence-corrected chi connectivity index (χ3v) is 3.95. The molecular weight excluding hydrogens is 423 g/mol. The summed E-state index contributed by atoms with van der Waals surface area (Å²) < 4.78 is 11.7. The Kier molecular flexibility index (Phi) is 6.02. The summed E-state index contributed by atoms with van der Waals surface area (Å²) >= 11 is 2.20. The van der Waals surface area contributed by atoms with Crippen LogP contribution in [0.5, 0.6) is 11.5 Å². The lowest BCUT2D eigenvalue weighted by molar-refractivity contribution is -0.118. The molecule has 0 aliphatic rings. The molecule has 2 aromatic rings. The van der Waals surface area contributed by atoms with Crippen molar-refractivity contribution in [3.63, 3.8) is 0 Å². The summed E-state index contributed by atoms with van der Waals surface area (Å²) in [4.78, 5) is 23.6. The Labute approximate surface area is 153 Å². The number of nitrogens with two attached hydrogens (primary N) is 1. The number of primary amides is 1. The summed E-state index contributed by atoms with van der Waals surface area (Å²) in [6.07, 6.45) is 0. The Morgan fingerprint density at radius 1 is 1.25 bits per heavy atom. The zero-order valence-corrected chi connectivity index (χ0v) is 15.4. The molecular formula is C17H17IN2O4. The molecule has 126 valence electrons. The van der Waals surface area contributed by atoms with Gasteiger partial charge in [0.2, 0.25) is 0 Å². The summed E-state index contributed by atoms with van der Waals surface area (Å²) in [5.74, 6) is -0.509. The third-order valence-electron chi connectivity index (χ3n) is 3.27. The van der Waals surface area contributed by atoms with Gasteiger partial charge in [-0.3, -0.25) is 9.59 Å². The Morgan fingerprint density at radius 2 is 2.00 bits per heavy atom. The van der Waals surface area contributed by atoms with E-state index in [1.54, 1.807) is 12.1 Å². The number of amides is 2. The van der Waals surface area contributed by atoms with Crippen molar-refractivity contribution < 1.29 is 19.1 Å². The van der Waals surface area contributed by atoms with Crippen molar-refractivity contribution in [3.8, 4) is 11.5 Å². The fraction of sp³-hybridized carbons (Fsp3) is 0.176. The molecule has 0 bridgehead atoms. The molecule has 0 spiro atoms. The number of hydrogen-bond acceptors (Lipinski definition) is 4. The van der Waals surface area contributed by atoms with Gasteiger partial charge in [-0.05, 0) is 65.4 Å². The van der Waals surface area contributed by atoms with Crippen LogP contribution in [-0.2, 0) is 4.79 Å². The number of para-hydroxylation sites is 1. The standard InChI is InChI=1S/C17H17IN2O4/c1-10-8-11(18)6-7-13(10)20-15(21)9-24-16-12(17(19)22)4-3-5-14(16)23-2/h3-8H,9H2,1-2H3,(H2,19,22)(H,20,21). The average molecular weight is 440 g/mol. The highest BCUT2D eigenvalue weighted by Gasteiger charge is 2.16. The van der Waals surface area contributed by atoms with Gasteiger partial charge in [0.15, 0.2) is 18.1 Å². The number of benzene rings is 2. The molecule has 3 N–H and O–H groups in total. The predicted molar refractivity (Wildman–Crippen MR) is 99.5 cm³/mol. The maximum atomic E-state index is 12.1. The molecule has 2 amide bonds. The van der Waals surface area contributed by atoms with Gasteiger partial charge in [0.1, 0.15) is 0 Å². The number of methoxy groups -OCH3 is 1. The van der Waals surface area contributed by atoms with Gasteiger partial charge in [-0.2, -0.15) is 0 Å². The molecule has 0 saturated heterocycles. The quantitative estimate of drug-likeness (QED) is 0.677. The molecule has 0 unspecified atom stereocenters. The molecule has 6 nitrogen and oxygen atoms in total. The van der Waals surface area contributed by atoms with Gasteiger partial charge in [0.25, 0.3) is 11.8 Å². The van der Waals surface area contributed by atoms with Crippen LogP contribution in [0.3, 0.4) is 0 Å². The molecule has 0 aromatic heterocycles. The van der Waals surface area contributed by atoms with Crippen molar-refractivity contribution in [3.05, 3.63) is 51.1 Å². The Bertz CT molecular complexity index is 777. The van der Waals surface area contributed by atoms with Gasteiger partial charge in [-0.1, -0.05) is 6.07 Å². The van der Waals surface area contributed by atoms with Crippen LogP contribution >= 0.6 is 22.6 Å². The second-order valence-electron chi connectivity index (χ2n) is 5.00. The summed E-state index contributed by atoms with van der Waals surface area (Å²) in [5.41, 5.74) is 7.14. The molecule has 0 fully saturated rings. The van der Waals surface area contributed by atoms with Crippen LogP contribution in [0.25, 0.3) is 0 Å². The lowest BCUT2D eigenvalue weighted by atomic mass is 10.2. The van der Waals surface area contributed by atoms with E-state index < -0.39 is 5.91 Å². The van der Waals surface area contributed by atoms with Crippen LogP contribution in [0.1, 0.15) is 15.9 Å². The Morgan fingerprint density at radius 3 is 2.62 bits per heavy atom. The second kappa shape index (κ2) is 8.00. The van der Waals surface area contributed by atoms with E-state index in [9.17, 15) is 9.59 Å². The first-order valence-electron chi connectivity index (χ1n) is 7.08. The van der Waals surface area contributed by atoms with Gasteiger partial charge in [-0.25, -0.2) is 0 Å². The lowest BCUT2D eigenvalue weighted by Crippen LogP contribution is -2.22. The number of anilines is 1. The maximum Gasteiger partial charge on any atom is 0.262 e. The van der Waals surface area contributed by atoms with Crippen LogP contribution in [0, 0.1) is 10.5 Å². The van der Waals surface area contributed by atoms with Gasteiger partial charge in [-0.15, -0.1) is 0 Å². The minimum Gasteiger partial charge on any atom is -0.493 e. The minimum atomic E-state index is -0.655. The minimum absolute atomic E-state index is 0.155. The number of nitrogens with one attached hydrogen (secondary N) is 1. The Hall–Kier alpha value is -2.29. The van der Waals surface area contributed by atoms with Crippen LogP contribution in [0.2, 0.25) is 0 Å². The first kappa shape index (κ1) is 18.1. The van der Waals surface area contributed by atoms with E-state index in [1.807, 2.05) is 25.1 Å². The van der Waals surface area contributed by atoms with E-state index in [-0.39, 0.29) is 23.8 Å². The zero-order chi connectivity index (χ0) is 17.7. The monoisotopic (exact) mass is 440 g/mol. The van der Waals surface area contributed by atoms with Gasteiger partial charge < -0.3 is 20.5 Å². The number of rotatable bonds is 6. The summed E-state index contributed by atoms with van der Waals surface area (Å²) in [7, 11) is 1.45. The topological polar surface area (TPSA) is 90.7 Å². The van der Waals surface area contributed by atoms with Crippen molar-refractivity contribution >= 4 is 40.1 Å². The number of halogens is 1. The average Bonchev–Trinajstić information content (AvgIpc) is 2.55. The van der Waals surface area contributed by atoms with E-state index in [2.05, 4.69) is 27.9 Å². The van der Waals surface area contributed by atoms with Gasteiger partial charge in [0.05, 0.1) is 12.7 Å². The SMILES string of the molecule is COc1cccc(C(N)=O)c1OCC(=O)Nc1ccc(I)cc1C. The molecule has 0 aliphatic heterocycles. The number of ether oxygens (including phenoxy) is 2. The van der Waals surface area contributed by atoms with E-state index in [4.69, 9.17) is 15.2 Å². The second-order valence-corrected chi connectivity index (χ2v) is 6.24. The van der Waals surface area contributed by atoms with E-state index in [1.165, 1.54) is 13.2 Å². The van der Waals surface area contributed by atoms with Gasteiger partial charge >= 0.3 is 0 Å². The van der Waals surface area contributed by atoms with E-state index >= 15 is 0 Å². The highest BCUT2D eigenvalue weighted by Crippen LogP contribution is 2.30. The molecule has 2 aromatic carbocycles. The maximum absolute atomic E-state index is 12.1. The smallest absolute Gasteiger partial charge is 0.262 e. The molecule has 24 heavy (non-hydrogen) atoms. The molecule has 0 saturated carbocycles. The number of carbonyl (C=O) groups excluding carboxylic acids is 2. The van der Waals surface area contributed by atoms with Crippen molar-refractivity contribution in [1.82, 2.24) is 0 Å². The fourth-order valence-corrected chi connectivity index (χ4v) is 2.76. The van der Waals surface area contributed by atoms with Crippen LogP contribution in [0.15, 0.2) is 36.4 Å². The zero-order valence-electron chi connectivity index (χ0n) is 13.3. The fourth-order valence-electron chi connectivity index (χ4n) is 2.11. The van der Waals surface area contributed by atoms with Crippen molar-refractivity contribution in [2.75, 3.05) is 19.0 Å². The predicted octanol–water partition coefficient (Wildman–Crippen LogP) is 2.72. The largest absolute Gasteiger partial charge is 0.493 e. The van der Waals surface area contributed by atoms with Crippen molar-refractivity contribution in [2.24, 2.45) is 5.73 Å². The lowest BCUT2D eigenvalue weighted by Gasteiger charge is -2.14. The van der Waals surface area contributed by atoms with Crippen molar-refractivity contribution in [1.29, 1.82) is 0 Å². The summed E-state index contributed by atoms with van der Waals surface area (Å²) in [5, 5.41) is 2.77. The molecule has 2 rings (SSSR count).